The first-order valence-corrected chi connectivity index (χ1v) is 14.2. The zero-order valence-electron chi connectivity index (χ0n) is 20.6. The number of benzene rings is 2. The minimum Gasteiger partial charge on any atom is -0.485 e. The Labute approximate surface area is 224 Å². The number of nitrogens with zero attached hydrogens (tertiary/aromatic N) is 3. The van der Waals surface area contributed by atoms with Crippen molar-refractivity contribution in [2.75, 3.05) is 44.4 Å². The van der Waals surface area contributed by atoms with Crippen LogP contribution in [0.2, 0.25) is 0 Å². The van der Waals surface area contributed by atoms with Crippen LogP contribution in [0, 0.1) is 6.92 Å². The van der Waals surface area contributed by atoms with E-state index in [2.05, 4.69) is 14.9 Å². The molecule has 2 aromatic carbocycles. The minimum absolute atomic E-state index is 0.0408. The topological polar surface area (TPSA) is 124 Å². The van der Waals surface area contributed by atoms with E-state index in [1.165, 1.54) is 12.1 Å². The summed E-state index contributed by atoms with van der Waals surface area (Å²) in [6.45, 7) is 4.15. The Morgan fingerprint density at radius 2 is 1.95 bits per heavy atom. The van der Waals surface area contributed by atoms with E-state index in [-0.39, 0.29) is 11.5 Å². The van der Waals surface area contributed by atoms with Crippen LogP contribution >= 0.6 is 11.3 Å². The predicted octanol–water partition coefficient (Wildman–Crippen LogP) is 3.74. The van der Waals surface area contributed by atoms with Gasteiger partial charge in [-0.15, -0.1) is 0 Å². The summed E-state index contributed by atoms with van der Waals surface area (Å²) < 4.78 is 47.0. The van der Waals surface area contributed by atoms with E-state index in [4.69, 9.17) is 18.1 Å². The molecule has 0 radical (unpaired) electrons. The van der Waals surface area contributed by atoms with Crippen molar-refractivity contribution in [3.8, 4) is 5.75 Å². The van der Waals surface area contributed by atoms with Gasteiger partial charge in [-0.25, -0.2) is 9.97 Å². The number of aliphatic hydroxyl groups is 1. The molecule has 38 heavy (non-hydrogen) atoms. The number of aliphatic hydroxyl groups excluding tert-OH is 1. The van der Waals surface area contributed by atoms with Gasteiger partial charge < -0.3 is 23.9 Å². The zero-order valence-corrected chi connectivity index (χ0v) is 22.3. The largest absolute Gasteiger partial charge is 0.485 e. The lowest BCUT2D eigenvalue weighted by Crippen LogP contribution is -2.36. The number of hydrogen-bond acceptors (Lipinski definition) is 11. The molecule has 1 saturated heterocycles. The van der Waals surface area contributed by atoms with Gasteiger partial charge in [0.05, 0.1) is 24.7 Å². The Bertz CT molecular complexity index is 1510. The van der Waals surface area contributed by atoms with Gasteiger partial charge in [-0.1, -0.05) is 29.0 Å². The average molecular weight is 558 g/mol. The second kappa shape index (κ2) is 11.6. The maximum Gasteiger partial charge on any atom is 0.297 e. The number of aromatic nitrogens is 2. The van der Waals surface area contributed by atoms with Crippen LogP contribution in [0.1, 0.15) is 16.3 Å². The van der Waals surface area contributed by atoms with Crippen LogP contribution in [0.3, 0.4) is 0 Å². The summed E-state index contributed by atoms with van der Waals surface area (Å²) in [7, 11) is -3.98. The fourth-order valence-corrected chi connectivity index (χ4v) is 5.54. The molecule has 200 valence electrons. The van der Waals surface area contributed by atoms with Crippen LogP contribution in [-0.2, 0) is 19.0 Å². The first kappa shape index (κ1) is 26.3. The van der Waals surface area contributed by atoms with E-state index in [1.807, 2.05) is 19.2 Å². The number of aryl methyl sites for hydroxylation is 1. The second-order valence-corrected chi connectivity index (χ2v) is 11.3. The number of rotatable bonds is 10. The van der Waals surface area contributed by atoms with Gasteiger partial charge in [0, 0.05) is 36.3 Å². The molecule has 0 amide bonds. The van der Waals surface area contributed by atoms with Crippen LogP contribution in [-0.4, -0.2) is 69.1 Å². The zero-order chi connectivity index (χ0) is 26.5. The van der Waals surface area contributed by atoms with Crippen LogP contribution in [0.15, 0.2) is 58.0 Å². The lowest BCUT2D eigenvalue weighted by atomic mass is 10.2. The first-order valence-electron chi connectivity index (χ1n) is 12.0. The van der Waals surface area contributed by atoms with Crippen LogP contribution in [0.25, 0.3) is 23.3 Å². The third-order valence-electron chi connectivity index (χ3n) is 5.78. The lowest BCUT2D eigenvalue weighted by molar-refractivity contribution is 0.0741. The highest BCUT2D eigenvalue weighted by atomic mass is 32.2. The van der Waals surface area contributed by atoms with Gasteiger partial charge in [0.2, 0.25) is 5.89 Å². The first-order chi connectivity index (χ1) is 18.4. The fourth-order valence-electron chi connectivity index (χ4n) is 3.73. The monoisotopic (exact) mass is 557 g/mol. The average Bonchev–Trinajstić information content (AvgIpc) is 3.57. The maximum absolute atomic E-state index is 12.4. The Kier molecular flexibility index (Phi) is 8.05. The molecule has 1 aliphatic rings. The summed E-state index contributed by atoms with van der Waals surface area (Å²) in [5.74, 6) is 0.807. The fraction of sp³-hybridized carbons (Fsp3) is 0.308. The summed E-state index contributed by atoms with van der Waals surface area (Å²) in [4.78, 5) is 12.2. The molecular formula is C26H27N3O7S2. The van der Waals surface area contributed by atoms with Crippen molar-refractivity contribution < 1.29 is 31.6 Å². The van der Waals surface area contributed by atoms with Crippen molar-refractivity contribution in [2.45, 2.75) is 17.9 Å². The highest BCUT2D eigenvalue weighted by Gasteiger charge is 2.20. The quantitative estimate of drug-likeness (QED) is 0.288. The van der Waals surface area contributed by atoms with E-state index in [0.29, 0.717) is 36.0 Å². The van der Waals surface area contributed by atoms with E-state index in [0.717, 1.165) is 28.7 Å². The number of thiazole rings is 1. The molecule has 12 heteroatoms. The molecule has 0 bridgehead atoms. The number of fused-ring (bicyclic) bond motifs is 1. The predicted molar refractivity (Wildman–Crippen MR) is 144 cm³/mol. The van der Waals surface area contributed by atoms with E-state index >= 15 is 0 Å². The summed E-state index contributed by atoms with van der Waals surface area (Å²) >= 11 is 1.59. The number of oxazole rings is 1. The Hall–Kier alpha value is -3.29. The van der Waals surface area contributed by atoms with Gasteiger partial charge in [-0.2, -0.15) is 8.42 Å². The van der Waals surface area contributed by atoms with E-state index < -0.39 is 22.8 Å². The standard InChI is InChI=1S/C26H27N3O7S2/c1-18-2-6-22(7-3-18)38(31,32)34-17-20(16-30)35-19-4-8-23-24(14-19)36-25(28-23)9-5-21-15-27-26(37-21)29-10-12-33-13-11-29/h2-9,14-15,20,30H,10-13,16-17H2,1H3. The van der Waals surface area contributed by atoms with Gasteiger partial charge in [-0.3, -0.25) is 4.18 Å². The van der Waals surface area contributed by atoms with Crippen LogP contribution in [0.5, 0.6) is 5.75 Å². The maximum atomic E-state index is 12.4. The van der Waals surface area contributed by atoms with Gasteiger partial charge in [0.1, 0.15) is 24.0 Å². The molecule has 1 aliphatic heterocycles. The van der Waals surface area contributed by atoms with Crippen molar-refractivity contribution in [1.29, 1.82) is 0 Å². The number of hydrogen-bond donors (Lipinski definition) is 1. The number of morpholine rings is 1. The molecular weight excluding hydrogens is 530 g/mol. The Balaban J connectivity index is 1.21. The normalized spacial score (nSPS) is 15.4. The summed E-state index contributed by atoms with van der Waals surface area (Å²) in [5.41, 5.74) is 2.06. The lowest BCUT2D eigenvalue weighted by Gasteiger charge is -2.25. The second-order valence-electron chi connectivity index (χ2n) is 8.63. The van der Waals surface area contributed by atoms with Gasteiger partial charge in [0.15, 0.2) is 10.7 Å². The summed E-state index contributed by atoms with van der Waals surface area (Å²) in [6, 6.07) is 11.4. The third-order valence-corrected chi connectivity index (χ3v) is 8.10. The molecule has 10 nitrogen and oxygen atoms in total. The van der Waals surface area contributed by atoms with Crippen molar-refractivity contribution in [1.82, 2.24) is 9.97 Å². The van der Waals surface area contributed by atoms with Crippen molar-refractivity contribution >= 4 is 49.8 Å². The van der Waals surface area contributed by atoms with Crippen molar-refractivity contribution in [2.24, 2.45) is 0 Å². The highest BCUT2D eigenvalue weighted by molar-refractivity contribution is 7.86. The number of anilines is 1. The van der Waals surface area contributed by atoms with Gasteiger partial charge >= 0.3 is 0 Å². The molecule has 0 spiro atoms. The molecule has 0 saturated carbocycles. The summed E-state index contributed by atoms with van der Waals surface area (Å²) in [5, 5.41) is 10.7. The van der Waals surface area contributed by atoms with Gasteiger partial charge in [-0.05, 0) is 37.3 Å². The molecule has 1 unspecified atom stereocenters. The molecule has 2 aromatic heterocycles. The summed E-state index contributed by atoms with van der Waals surface area (Å²) in [6.07, 6.45) is 4.59. The Morgan fingerprint density at radius 3 is 2.71 bits per heavy atom. The highest BCUT2D eigenvalue weighted by Crippen LogP contribution is 2.27. The van der Waals surface area contributed by atoms with Crippen LogP contribution in [0.4, 0.5) is 5.13 Å². The van der Waals surface area contributed by atoms with Crippen molar-refractivity contribution in [3.63, 3.8) is 0 Å². The van der Waals surface area contributed by atoms with Gasteiger partial charge in [0.25, 0.3) is 10.1 Å². The molecule has 0 aliphatic carbocycles. The molecule has 1 atom stereocenters. The molecule has 4 aromatic rings. The molecule has 3 heterocycles. The van der Waals surface area contributed by atoms with Crippen molar-refractivity contribution in [3.05, 3.63) is 65.0 Å². The van der Waals surface area contributed by atoms with E-state index in [9.17, 15) is 13.5 Å². The number of ether oxygens (including phenoxy) is 2. The molecule has 1 N–H and O–H groups in total. The minimum atomic E-state index is -3.98. The van der Waals surface area contributed by atoms with E-state index in [1.54, 1.807) is 47.7 Å². The molecule has 1 fully saturated rings. The molecule has 5 rings (SSSR count). The third kappa shape index (κ3) is 6.40. The smallest absolute Gasteiger partial charge is 0.297 e. The Morgan fingerprint density at radius 1 is 1.16 bits per heavy atom. The SMILES string of the molecule is Cc1ccc(S(=O)(=O)OCC(CO)Oc2ccc3nc(C=Cc4cnc(N5CCOCC5)s4)oc3c2)cc1. The van der Waals surface area contributed by atoms with Crippen LogP contribution < -0.4 is 9.64 Å².